The standard InChI is InChI=1S/C15H19NO3/c1-16-13(15(14(17)18)8-19-9-15)12-6-5-10-3-2-4-11(10)7-12/h5-7,13,16H,2-4,8-9H2,1H3,(H,17,18). The minimum atomic E-state index is -0.818. The molecule has 2 N–H and O–H groups in total. The number of carboxylic acid groups (broad SMARTS) is 1. The van der Waals surface area contributed by atoms with Crippen LogP contribution in [0.4, 0.5) is 0 Å². The molecule has 1 aromatic rings. The first kappa shape index (κ1) is 12.6. The largest absolute Gasteiger partial charge is 0.481 e. The van der Waals surface area contributed by atoms with E-state index in [4.69, 9.17) is 4.74 Å². The molecule has 1 atom stereocenters. The number of carbonyl (C=O) groups is 1. The Balaban J connectivity index is 1.96. The lowest BCUT2D eigenvalue weighted by atomic mass is 9.75. The maximum absolute atomic E-state index is 11.6. The molecule has 0 radical (unpaired) electrons. The maximum Gasteiger partial charge on any atom is 0.316 e. The zero-order chi connectivity index (χ0) is 13.5. The van der Waals surface area contributed by atoms with E-state index in [9.17, 15) is 9.90 Å². The summed E-state index contributed by atoms with van der Waals surface area (Å²) in [6.07, 6.45) is 3.46. The van der Waals surface area contributed by atoms with Gasteiger partial charge in [0.1, 0.15) is 5.41 Å². The molecule has 4 nitrogen and oxygen atoms in total. The van der Waals surface area contributed by atoms with Crippen LogP contribution < -0.4 is 5.32 Å². The molecule has 3 rings (SSSR count). The van der Waals surface area contributed by atoms with Crippen LogP contribution in [0.3, 0.4) is 0 Å². The predicted molar refractivity (Wildman–Crippen MR) is 71.2 cm³/mol. The van der Waals surface area contributed by atoms with Gasteiger partial charge in [-0.2, -0.15) is 0 Å². The van der Waals surface area contributed by atoms with E-state index in [1.165, 1.54) is 17.5 Å². The van der Waals surface area contributed by atoms with Gasteiger partial charge in [0.2, 0.25) is 0 Å². The molecule has 0 amide bonds. The lowest BCUT2D eigenvalue weighted by Gasteiger charge is -2.43. The van der Waals surface area contributed by atoms with Crippen molar-refractivity contribution in [2.24, 2.45) is 5.41 Å². The molecule has 0 spiro atoms. The summed E-state index contributed by atoms with van der Waals surface area (Å²) >= 11 is 0. The van der Waals surface area contributed by atoms with Gasteiger partial charge in [0.15, 0.2) is 0 Å². The van der Waals surface area contributed by atoms with E-state index in [0.717, 1.165) is 18.4 Å². The summed E-state index contributed by atoms with van der Waals surface area (Å²) in [6, 6.07) is 6.20. The van der Waals surface area contributed by atoms with E-state index in [2.05, 4.69) is 23.5 Å². The maximum atomic E-state index is 11.6. The summed E-state index contributed by atoms with van der Waals surface area (Å²) in [7, 11) is 1.82. The topological polar surface area (TPSA) is 58.6 Å². The van der Waals surface area contributed by atoms with Crippen LogP contribution in [0.1, 0.15) is 29.2 Å². The summed E-state index contributed by atoms with van der Waals surface area (Å²) in [6.45, 7) is 0.565. The summed E-state index contributed by atoms with van der Waals surface area (Å²) < 4.78 is 5.18. The first-order valence-corrected chi connectivity index (χ1v) is 6.77. The van der Waals surface area contributed by atoms with E-state index in [1.807, 2.05) is 7.05 Å². The van der Waals surface area contributed by atoms with Crippen molar-refractivity contribution in [2.45, 2.75) is 25.3 Å². The van der Waals surface area contributed by atoms with Crippen LogP contribution in [0.15, 0.2) is 18.2 Å². The van der Waals surface area contributed by atoms with Crippen LogP contribution in [-0.4, -0.2) is 31.3 Å². The van der Waals surface area contributed by atoms with Crippen molar-refractivity contribution in [2.75, 3.05) is 20.3 Å². The van der Waals surface area contributed by atoms with Crippen LogP contribution in [0.5, 0.6) is 0 Å². The van der Waals surface area contributed by atoms with Gasteiger partial charge in [-0.1, -0.05) is 18.2 Å². The second-order valence-corrected chi connectivity index (χ2v) is 5.56. The fourth-order valence-corrected chi connectivity index (χ4v) is 3.27. The number of benzene rings is 1. The molecular formula is C15H19NO3. The number of ether oxygens (including phenoxy) is 1. The van der Waals surface area contributed by atoms with E-state index < -0.39 is 11.4 Å². The second-order valence-electron chi connectivity index (χ2n) is 5.56. The molecule has 1 aliphatic heterocycles. The van der Waals surface area contributed by atoms with Gasteiger partial charge >= 0.3 is 5.97 Å². The van der Waals surface area contributed by atoms with Gasteiger partial charge in [0.05, 0.1) is 19.3 Å². The predicted octanol–water partition coefficient (Wildman–Crippen LogP) is 1.54. The average Bonchev–Trinajstić information content (AvgIpc) is 2.79. The molecule has 102 valence electrons. The number of rotatable bonds is 4. The third-order valence-corrected chi connectivity index (χ3v) is 4.44. The highest BCUT2D eigenvalue weighted by molar-refractivity contribution is 5.77. The molecule has 0 bridgehead atoms. The number of hydrogen-bond acceptors (Lipinski definition) is 3. The van der Waals surface area contributed by atoms with Gasteiger partial charge in [-0.05, 0) is 43.0 Å². The number of nitrogens with one attached hydrogen (secondary N) is 1. The van der Waals surface area contributed by atoms with Crippen molar-refractivity contribution >= 4 is 5.97 Å². The van der Waals surface area contributed by atoms with E-state index in [0.29, 0.717) is 0 Å². The van der Waals surface area contributed by atoms with Gasteiger partial charge in [-0.25, -0.2) is 0 Å². The van der Waals surface area contributed by atoms with Gasteiger partial charge < -0.3 is 15.2 Å². The van der Waals surface area contributed by atoms with Crippen molar-refractivity contribution in [3.05, 3.63) is 34.9 Å². The first-order valence-electron chi connectivity index (χ1n) is 6.77. The molecule has 4 heteroatoms. The Bertz CT molecular complexity index is 508. The molecule has 1 aliphatic carbocycles. The van der Waals surface area contributed by atoms with Crippen LogP contribution in [0.2, 0.25) is 0 Å². The van der Waals surface area contributed by atoms with Gasteiger partial charge in [0.25, 0.3) is 0 Å². The number of aliphatic carboxylic acids is 1. The molecule has 19 heavy (non-hydrogen) atoms. The van der Waals surface area contributed by atoms with Crippen molar-refractivity contribution in [3.63, 3.8) is 0 Å². The number of aryl methyl sites for hydroxylation is 2. The minimum Gasteiger partial charge on any atom is -0.481 e. The Hall–Kier alpha value is -1.39. The zero-order valence-electron chi connectivity index (χ0n) is 11.1. The third-order valence-electron chi connectivity index (χ3n) is 4.44. The fourth-order valence-electron chi connectivity index (χ4n) is 3.27. The Morgan fingerprint density at radius 3 is 2.68 bits per heavy atom. The second kappa shape index (κ2) is 4.62. The molecule has 0 aromatic heterocycles. The van der Waals surface area contributed by atoms with E-state index in [1.54, 1.807) is 0 Å². The van der Waals surface area contributed by atoms with E-state index in [-0.39, 0.29) is 19.3 Å². The molecule has 1 fully saturated rings. The van der Waals surface area contributed by atoms with Crippen molar-refractivity contribution in [3.8, 4) is 0 Å². The summed E-state index contributed by atoms with van der Waals surface area (Å²) in [4.78, 5) is 11.6. The zero-order valence-corrected chi connectivity index (χ0v) is 11.1. The van der Waals surface area contributed by atoms with Gasteiger partial charge in [-0.15, -0.1) is 0 Å². The van der Waals surface area contributed by atoms with Crippen LogP contribution in [-0.2, 0) is 22.4 Å². The van der Waals surface area contributed by atoms with Crippen molar-refractivity contribution in [1.82, 2.24) is 5.32 Å². The summed E-state index contributed by atoms with van der Waals surface area (Å²) in [5.74, 6) is -0.779. The molecule has 2 aliphatic rings. The Labute approximate surface area is 112 Å². The quantitative estimate of drug-likeness (QED) is 0.863. The molecule has 1 saturated heterocycles. The Kier molecular flexibility index (Phi) is 3.07. The van der Waals surface area contributed by atoms with Crippen molar-refractivity contribution in [1.29, 1.82) is 0 Å². The lowest BCUT2D eigenvalue weighted by Crippen LogP contribution is -2.56. The van der Waals surface area contributed by atoms with Crippen LogP contribution in [0.25, 0.3) is 0 Å². The number of fused-ring (bicyclic) bond motifs is 1. The summed E-state index contributed by atoms with van der Waals surface area (Å²) in [5, 5.41) is 12.7. The third kappa shape index (κ3) is 1.86. The van der Waals surface area contributed by atoms with Crippen LogP contribution >= 0.6 is 0 Å². The summed E-state index contributed by atoms with van der Waals surface area (Å²) in [5.41, 5.74) is 3.03. The van der Waals surface area contributed by atoms with Crippen molar-refractivity contribution < 1.29 is 14.6 Å². The monoisotopic (exact) mass is 261 g/mol. The van der Waals surface area contributed by atoms with Crippen LogP contribution in [0, 0.1) is 5.41 Å². The molecule has 0 saturated carbocycles. The highest BCUT2D eigenvalue weighted by Gasteiger charge is 2.52. The molecule has 1 unspecified atom stereocenters. The Morgan fingerprint density at radius 2 is 2.11 bits per heavy atom. The highest BCUT2D eigenvalue weighted by atomic mass is 16.5. The molecular weight excluding hydrogens is 242 g/mol. The minimum absolute atomic E-state index is 0.190. The Morgan fingerprint density at radius 1 is 1.37 bits per heavy atom. The molecule has 1 heterocycles. The van der Waals surface area contributed by atoms with E-state index >= 15 is 0 Å². The number of carboxylic acids is 1. The fraction of sp³-hybridized carbons (Fsp3) is 0.533. The lowest BCUT2D eigenvalue weighted by molar-refractivity contribution is -0.186. The van der Waals surface area contributed by atoms with Gasteiger partial charge in [0, 0.05) is 0 Å². The highest BCUT2D eigenvalue weighted by Crippen LogP contribution is 2.41. The first-order chi connectivity index (χ1) is 9.17. The SMILES string of the molecule is CNC(c1ccc2c(c1)CCC2)C1(C(=O)O)COC1. The average molecular weight is 261 g/mol. The van der Waals surface area contributed by atoms with Gasteiger partial charge in [-0.3, -0.25) is 4.79 Å². The normalized spacial score (nSPS) is 21.5. The number of hydrogen-bond donors (Lipinski definition) is 2. The smallest absolute Gasteiger partial charge is 0.316 e. The molecule has 1 aromatic carbocycles.